The summed E-state index contributed by atoms with van der Waals surface area (Å²) in [5.74, 6) is -0.0288. The molecular formula is C20H22F3N5OS. The molecule has 1 N–H and O–H groups in total. The van der Waals surface area contributed by atoms with Crippen LogP contribution in [0.1, 0.15) is 29.5 Å². The molecule has 1 fully saturated rings. The Morgan fingerprint density at radius 1 is 1.37 bits per heavy atom. The highest BCUT2D eigenvalue weighted by Crippen LogP contribution is 2.39. The number of amides is 1. The molecule has 1 saturated heterocycles. The fraction of sp³-hybridized carbons (Fsp3) is 0.450. The number of anilines is 1. The number of alkyl halides is 3. The highest BCUT2D eigenvalue weighted by Gasteiger charge is 2.39. The van der Waals surface area contributed by atoms with Gasteiger partial charge in [-0.2, -0.15) is 13.2 Å². The van der Waals surface area contributed by atoms with E-state index in [1.807, 2.05) is 0 Å². The van der Waals surface area contributed by atoms with Crippen LogP contribution in [0.2, 0.25) is 0 Å². The van der Waals surface area contributed by atoms with Gasteiger partial charge in [-0.3, -0.25) is 14.7 Å². The maximum Gasteiger partial charge on any atom is 0.420 e. The number of hydrogen-bond donors (Lipinski definition) is 1. The van der Waals surface area contributed by atoms with Crippen LogP contribution in [0.15, 0.2) is 24.5 Å². The van der Waals surface area contributed by atoms with Crippen LogP contribution in [0.3, 0.4) is 0 Å². The van der Waals surface area contributed by atoms with Gasteiger partial charge in [0.25, 0.3) is 0 Å². The number of hydrogen-bond acceptors (Lipinski definition) is 5. The first-order valence-electron chi connectivity index (χ1n) is 9.66. The van der Waals surface area contributed by atoms with Gasteiger partial charge in [0.1, 0.15) is 11.1 Å². The Labute approximate surface area is 175 Å². The van der Waals surface area contributed by atoms with Crippen LogP contribution in [0.4, 0.5) is 18.3 Å². The standard InChI is InChI=1S/C20H22F3N5OS/c1-12(29)26-19-25-9-14(30-19)11-28-7-5-13(10-28)8-16-17(20(21,22)23)18-15(27(16)2)4-3-6-24-18/h3-4,6,9,13H,5,7-8,10-11H2,1-2H3,(H,25,26,29). The molecule has 1 unspecified atom stereocenters. The lowest BCUT2D eigenvalue weighted by atomic mass is 9.99. The number of nitrogens with one attached hydrogen (secondary N) is 1. The molecule has 0 bridgehead atoms. The molecular weight excluding hydrogens is 415 g/mol. The molecule has 0 saturated carbocycles. The summed E-state index contributed by atoms with van der Waals surface area (Å²) >= 11 is 1.42. The average Bonchev–Trinajstić information content (AvgIpc) is 3.35. The van der Waals surface area contributed by atoms with E-state index in [9.17, 15) is 18.0 Å². The van der Waals surface area contributed by atoms with Crippen LogP contribution < -0.4 is 5.32 Å². The molecule has 30 heavy (non-hydrogen) atoms. The normalized spacial score (nSPS) is 17.7. The Balaban J connectivity index is 1.48. The van der Waals surface area contributed by atoms with Crippen molar-refractivity contribution in [2.24, 2.45) is 13.0 Å². The van der Waals surface area contributed by atoms with Gasteiger partial charge in [-0.1, -0.05) is 0 Å². The summed E-state index contributed by atoms with van der Waals surface area (Å²) in [7, 11) is 1.68. The largest absolute Gasteiger partial charge is 0.420 e. The summed E-state index contributed by atoms with van der Waals surface area (Å²) < 4.78 is 43.1. The number of aromatic nitrogens is 3. The minimum atomic E-state index is -4.44. The van der Waals surface area contributed by atoms with Crippen LogP contribution in [0.5, 0.6) is 0 Å². The molecule has 1 aliphatic rings. The number of pyridine rings is 1. The quantitative estimate of drug-likeness (QED) is 0.654. The van der Waals surface area contributed by atoms with Gasteiger partial charge in [0.05, 0.1) is 5.52 Å². The summed E-state index contributed by atoms with van der Waals surface area (Å²) in [6, 6.07) is 3.34. The van der Waals surface area contributed by atoms with E-state index in [1.54, 1.807) is 29.9 Å². The van der Waals surface area contributed by atoms with Crippen LogP contribution >= 0.6 is 11.3 Å². The predicted octanol–water partition coefficient (Wildman–Crippen LogP) is 4.07. The third-order valence-corrected chi connectivity index (χ3v) is 6.33. The zero-order valence-electron chi connectivity index (χ0n) is 16.7. The Kier molecular flexibility index (Phi) is 5.54. The second-order valence-corrected chi connectivity index (χ2v) is 8.77. The first kappa shape index (κ1) is 20.8. The van der Waals surface area contributed by atoms with Crippen molar-refractivity contribution in [3.63, 3.8) is 0 Å². The Bertz CT molecular complexity index is 1070. The van der Waals surface area contributed by atoms with E-state index < -0.39 is 11.7 Å². The van der Waals surface area contributed by atoms with Crippen LogP contribution in [0, 0.1) is 5.92 Å². The van der Waals surface area contributed by atoms with Crippen molar-refractivity contribution in [2.75, 3.05) is 18.4 Å². The number of likely N-dealkylation sites (tertiary alicyclic amines) is 1. The minimum Gasteiger partial charge on any atom is -0.346 e. The smallest absolute Gasteiger partial charge is 0.346 e. The van der Waals surface area contributed by atoms with Gasteiger partial charge in [-0.05, 0) is 37.4 Å². The van der Waals surface area contributed by atoms with Gasteiger partial charge in [-0.15, -0.1) is 11.3 Å². The summed E-state index contributed by atoms with van der Waals surface area (Å²) in [5, 5.41) is 3.23. The maximum absolute atomic E-state index is 13.8. The van der Waals surface area contributed by atoms with Gasteiger partial charge in [-0.25, -0.2) is 4.98 Å². The first-order chi connectivity index (χ1) is 14.2. The third-order valence-electron chi connectivity index (χ3n) is 5.43. The van der Waals surface area contributed by atoms with Crippen molar-refractivity contribution in [2.45, 2.75) is 32.5 Å². The number of halogens is 3. The van der Waals surface area contributed by atoms with Crippen LogP contribution in [0.25, 0.3) is 11.0 Å². The number of rotatable bonds is 5. The van der Waals surface area contributed by atoms with Crippen molar-refractivity contribution in [3.8, 4) is 0 Å². The molecule has 4 heterocycles. The summed E-state index contributed by atoms with van der Waals surface area (Å²) in [5.41, 5.74) is 0.215. The molecule has 0 radical (unpaired) electrons. The topological polar surface area (TPSA) is 63.1 Å². The van der Waals surface area contributed by atoms with Crippen molar-refractivity contribution < 1.29 is 18.0 Å². The minimum absolute atomic E-state index is 0.0208. The summed E-state index contributed by atoms with van der Waals surface area (Å²) in [4.78, 5) is 22.6. The van der Waals surface area contributed by atoms with E-state index in [1.165, 1.54) is 24.5 Å². The fourth-order valence-corrected chi connectivity index (χ4v) is 5.05. The fourth-order valence-electron chi connectivity index (χ4n) is 4.15. The monoisotopic (exact) mass is 437 g/mol. The van der Waals surface area contributed by atoms with Gasteiger partial charge in [0.2, 0.25) is 5.91 Å². The Hall–Kier alpha value is -2.46. The highest BCUT2D eigenvalue weighted by atomic mass is 32.1. The highest BCUT2D eigenvalue weighted by molar-refractivity contribution is 7.15. The Morgan fingerprint density at radius 3 is 2.90 bits per heavy atom. The van der Waals surface area contributed by atoms with E-state index >= 15 is 0 Å². The SMILES string of the molecule is CC(=O)Nc1ncc(CN2CCC(Cc3c(C(F)(F)F)c4ncccc4n3C)C2)s1. The molecule has 1 amide bonds. The third kappa shape index (κ3) is 4.20. The van der Waals surface area contributed by atoms with E-state index in [0.29, 0.717) is 29.3 Å². The van der Waals surface area contributed by atoms with E-state index in [4.69, 9.17) is 0 Å². The van der Waals surface area contributed by atoms with Crippen molar-refractivity contribution in [1.29, 1.82) is 0 Å². The number of carbonyl (C=O) groups excluding carboxylic acids is 1. The van der Waals surface area contributed by atoms with Crippen molar-refractivity contribution >= 4 is 33.4 Å². The zero-order chi connectivity index (χ0) is 21.5. The summed E-state index contributed by atoms with van der Waals surface area (Å²) in [6.45, 7) is 3.65. The lowest BCUT2D eigenvalue weighted by Gasteiger charge is -2.16. The van der Waals surface area contributed by atoms with Gasteiger partial charge >= 0.3 is 6.18 Å². The molecule has 0 aliphatic carbocycles. The number of carbonyl (C=O) groups is 1. The van der Waals surface area contributed by atoms with Crippen molar-refractivity contribution in [3.05, 3.63) is 40.7 Å². The molecule has 6 nitrogen and oxygen atoms in total. The van der Waals surface area contributed by atoms with E-state index in [-0.39, 0.29) is 17.3 Å². The number of nitrogens with zero attached hydrogens (tertiary/aromatic N) is 4. The summed E-state index contributed by atoms with van der Waals surface area (Å²) in [6.07, 6.45) is -0.102. The predicted molar refractivity (Wildman–Crippen MR) is 109 cm³/mol. The van der Waals surface area contributed by atoms with Crippen LogP contribution in [-0.2, 0) is 31.0 Å². The lowest BCUT2D eigenvalue weighted by Crippen LogP contribution is -2.21. The van der Waals surface area contributed by atoms with E-state index in [2.05, 4.69) is 20.2 Å². The molecule has 4 rings (SSSR count). The van der Waals surface area contributed by atoms with Gasteiger partial charge in [0, 0.05) is 50.0 Å². The number of thiazole rings is 1. The molecule has 1 aliphatic heterocycles. The molecule has 0 aromatic carbocycles. The molecule has 0 spiro atoms. The van der Waals surface area contributed by atoms with Crippen LogP contribution in [-0.4, -0.2) is 38.4 Å². The number of aryl methyl sites for hydroxylation is 1. The van der Waals surface area contributed by atoms with E-state index in [0.717, 1.165) is 24.4 Å². The average molecular weight is 437 g/mol. The van der Waals surface area contributed by atoms with Gasteiger partial charge < -0.3 is 9.88 Å². The molecule has 160 valence electrons. The molecule has 3 aromatic heterocycles. The second kappa shape index (κ2) is 7.99. The zero-order valence-corrected chi connectivity index (χ0v) is 17.5. The first-order valence-corrected chi connectivity index (χ1v) is 10.5. The Morgan fingerprint density at radius 2 is 2.17 bits per heavy atom. The second-order valence-electron chi connectivity index (χ2n) is 7.66. The molecule has 10 heteroatoms. The molecule has 1 atom stereocenters. The molecule has 3 aromatic rings. The lowest BCUT2D eigenvalue weighted by molar-refractivity contribution is -0.137. The van der Waals surface area contributed by atoms with Gasteiger partial charge in [0.15, 0.2) is 5.13 Å². The van der Waals surface area contributed by atoms with Crippen molar-refractivity contribution in [1.82, 2.24) is 19.4 Å². The number of fused-ring (bicyclic) bond motifs is 1. The maximum atomic E-state index is 13.8.